The molecule has 1 amide bonds. The molecule has 30 heavy (non-hydrogen) atoms. The summed E-state index contributed by atoms with van der Waals surface area (Å²) in [6, 6.07) is 20.4. The van der Waals surface area contributed by atoms with Crippen LogP contribution in [0.2, 0.25) is 0 Å². The second kappa shape index (κ2) is 9.50. The molecule has 3 aromatic rings. The lowest BCUT2D eigenvalue weighted by atomic mass is 10.0. The van der Waals surface area contributed by atoms with Crippen LogP contribution in [0.25, 0.3) is 0 Å². The average molecular weight is 402 g/mol. The van der Waals surface area contributed by atoms with Crippen molar-refractivity contribution in [2.45, 2.75) is 12.5 Å². The van der Waals surface area contributed by atoms with Crippen LogP contribution in [0.15, 0.2) is 73.1 Å². The van der Waals surface area contributed by atoms with Crippen LogP contribution in [0, 0.1) is 0 Å². The number of anilines is 1. The molecule has 1 unspecified atom stereocenters. The second-order valence-corrected chi connectivity index (χ2v) is 7.58. The number of carbonyl (C=O) groups is 1. The largest absolute Gasteiger partial charge is 0.353 e. The molecule has 0 aliphatic carbocycles. The summed E-state index contributed by atoms with van der Waals surface area (Å²) in [7, 11) is 1.83. The summed E-state index contributed by atoms with van der Waals surface area (Å²) in [5.74, 6) is 0.798. The number of hydrogen-bond acceptors (Lipinski definition) is 5. The molecular formula is C24H27N5O. The fourth-order valence-corrected chi connectivity index (χ4v) is 3.73. The van der Waals surface area contributed by atoms with E-state index in [0.29, 0.717) is 12.2 Å². The van der Waals surface area contributed by atoms with Gasteiger partial charge in [-0.3, -0.25) is 9.78 Å². The minimum atomic E-state index is -0.0550. The van der Waals surface area contributed by atoms with E-state index >= 15 is 0 Å². The highest BCUT2D eigenvalue weighted by Gasteiger charge is 2.22. The van der Waals surface area contributed by atoms with Crippen molar-refractivity contribution in [2.24, 2.45) is 0 Å². The zero-order valence-corrected chi connectivity index (χ0v) is 17.2. The molecule has 1 saturated heterocycles. The van der Waals surface area contributed by atoms with Crippen molar-refractivity contribution >= 4 is 11.7 Å². The number of aromatic nitrogens is 2. The van der Waals surface area contributed by atoms with Gasteiger partial charge < -0.3 is 15.1 Å². The normalized spacial score (nSPS) is 16.3. The lowest BCUT2D eigenvalue weighted by Crippen LogP contribution is -2.46. The van der Waals surface area contributed by atoms with Crippen molar-refractivity contribution in [2.75, 3.05) is 38.1 Å². The Bertz CT molecular complexity index is 964. The first-order valence-electron chi connectivity index (χ1n) is 10.4. The first-order valence-corrected chi connectivity index (χ1v) is 10.4. The van der Waals surface area contributed by atoms with E-state index in [4.69, 9.17) is 4.98 Å². The van der Waals surface area contributed by atoms with Crippen molar-refractivity contribution < 1.29 is 4.79 Å². The monoisotopic (exact) mass is 401 g/mol. The number of pyridine rings is 2. The van der Waals surface area contributed by atoms with Gasteiger partial charge in [0.05, 0.1) is 0 Å². The number of rotatable bonds is 6. The SMILES string of the molecule is CN(CCc1ccncc1)C(=O)c1cccc(N2CCNC(c3ccccc3)C2)n1. The van der Waals surface area contributed by atoms with Gasteiger partial charge in [-0.2, -0.15) is 0 Å². The van der Waals surface area contributed by atoms with E-state index in [1.54, 1.807) is 23.4 Å². The Kier molecular flexibility index (Phi) is 6.35. The molecule has 3 heterocycles. The predicted molar refractivity (Wildman–Crippen MR) is 119 cm³/mol. The third-order valence-electron chi connectivity index (χ3n) is 5.49. The van der Waals surface area contributed by atoms with Gasteiger partial charge in [-0.15, -0.1) is 0 Å². The number of hydrogen-bond donors (Lipinski definition) is 1. The summed E-state index contributed by atoms with van der Waals surface area (Å²) in [5, 5.41) is 3.57. The van der Waals surface area contributed by atoms with Crippen LogP contribution < -0.4 is 10.2 Å². The molecule has 4 rings (SSSR count). The summed E-state index contributed by atoms with van der Waals surface area (Å²) in [6.07, 6.45) is 4.34. The van der Waals surface area contributed by atoms with Crippen LogP contribution in [-0.4, -0.2) is 54.0 Å². The molecule has 1 atom stereocenters. The smallest absolute Gasteiger partial charge is 0.272 e. The molecular weight excluding hydrogens is 374 g/mol. The van der Waals surface area contributed by atoms with Crippen LogP contribution in [0.5, 0.6) is 0 Å². The van der Waals surface area contributed by atoms with Crippen LogP contribution in [0.1, 0.15) is 27.7 Å². The van der Waals surface area contributed by atoms with Crippen molar-refractivity contribution in [3.63, 3.8) is 0 Å². The average Bonchev–Trinajstić information content (AvgIpc) is 2.83. The van der Waals surface area contributed by atoms with Crippen molar-refractivity contribution in [3.8, 4) is 0 Å². The first-order chi connectivity index (χ1) is 14.7. The van der Waals surface area contributed by atoms with Crippen LogP contribution >= 0.6 is 0 Å². The van der Waals surface area contributed by atoms with Gasteiger partial charge in [0.2, 0.25) is 0 Å². The van der Waals surface area contributed by atoms with Crippen LogP contribution in [0.3, 0.4) is 0 Å². The Morgan fingerprint density at radius 1 is 1.10 bits per heavy atom. The highest BCUT2D eigenvalue weighted by molar-refractivity contribution is 5.92. The molecule has 1 aliphatic heterocycles. The zero-order chi connectivity index (χ0) is 20.8. The van der Waals surface area contributed by atoms with E-state index in [1.165, 1.54) is 11.1 Å². The third kappa shape index (κ3) is 4.83. The fourth-order valence-electron chi connectivity index (χ4n) is 3.73. The second-order valence-electron chi connectivity index (χ2n) is 7.58. The topological polar surface area (TPSA) is 61.4 Å². The molecule has 1 aromatic carbocycles. The van der Waals surface area contributed by atoms with Crippen LogP contribution in [0.4, 0.5) is 5.82 Å². The van der Waals surface area contributed by atoms with Gasteiger partial charge >= 0.3 is 0 Å². The van der Waals surface area contributed by atoms with Crippen LogP contribution in [-0.2, 0) is 6.42 Å². The Balaban J connectivity index is 1.42. The Morgan fingerprint density at radius 2 is 1.90 bits per heavy atom. The Morgan fingerprint density at radius 3 is 2.70 bits per heavy atom. The van der Waals surface area contributed by atoms with Gasteiger partial charge in [-0.1, -0.05) is 36.4 Å². The van der Waals surface area contributed by atoms with Gasteiger partial charge in [0.15, 0.2) is 0 Å². The number of piperazine rings is 1. The van der Waals surface area contributed by atoms with Gasteiger partial charge in [0, 0.05) is 51.7 Å². The van der Waals surface area contributed by atoms with E-state index < -0.39 is 0 Å². The zero-order valence-electron chi connectivity index (χ0n) is 17.2. The third-order valence-corrected chi connectivity index (χ3v) is 5.49. The summed E-state index contributed by atoms with van der Waals surface area (Å²) in [5.41, 5.74) is 2.92. The lowest BCUT2D eigenvalue weighted by Gasteiger charge is -2.35. The van der Waals surface area contributed by atoms with Gasteiger partial charge in [-0.25, -0.2) is 4.98 Å². The Labute approximate surface area is 177 Å². The van der Waals surface area contributed by atoms with E-state index in [-0.39, 0.29) is 11.9 Å². The summed E-state index contributed by atoms with van der Waals surface area (Å²) in [4.78, 5) is 25.6. The minimum Gasteiger partial charge on any atom is -0.353 e. The number of nitrogens with one attached hydrogen (secondary N) is 1. The van der Waals surface area contributed by atoms with Crippen molar-refractivity contribution in [3.05, 3.63) is 89.9 Å². The van der Waals surface area contributed by atoms with E-state index in [9.17, 15) is 4.79 Å². The molecule has 0 radical (unpaired) electrons. The van der Waals surface area contributed by atoms with Crippen molar-refractivity contribution in [1.82, 2.24) is 20.2 Å². The van der Waals surface area contributed by atoms with Gasteiger partial charge in [0.25, 0.3) is 5.91 Å². The molecule has 1 N–H and O–H groups in total. The van der Waals surface area contributed by atoms with Gasteiger partial charge in [-0.05, 0) is 41.8 Å². The van der Waals surface area contributed by atoms with E-state index in [0.717, 1.165) is 31.9 Å². The number of likely N-dealkylation sites (N-methyl/N-ethyl adjacent to an activating group) is 1. The molecule has 154 valence electrons. The molecule has 6 heteroatoms. The highest BCUT2D eigenvalue weighted by Crippen LogP contribution is 2.21. The first kappa shape index (κ1) is 20.0. The van der Waals surface area contributed by atoms with Crippen molar-refractivity contribution in [1.29, 1.82) is 0 Å². The fraction of sp³-hybridized carbons (Fsp3) is 0.292. The maximum Gasteiger partial charge on any atom is 0.272 e. The van der Waals surface area contributed by atoms with Gasteiger partial charge in [0.1, 0.15) is 11.5 Å². The molecule has 0 spiro atoms. The molecule has 0 bridgehead atoms. The number of benzene rings is 1. The standard InChI is InChI=1S/C24H27N5O/c1-28(16-12-19-10-13-25-14-11-19)24(30)21-8-5-9-23(27-21)29-17-15-26-22(18-29)20-6-3-2-4-7-20/h2-11,13-14,22,26H,12,15-18H2,1H3. The molecule has 2 aromatic heterocycles. The minimum absolute atomic E-state index is 0.0550. The summed E-state index contributed by atoms with van der Waals surface area (Å²) >= 11 is 0. The number of amides is 1. The summed E-state index contributed by atoms with van der Waals surface area (Å²) in [6.45, 7) is 3.21. The maximum atomic E-state index is 12.9. The Hall–Kier alpha value is -3.25. The lowest BCUT2D eigenvalue weighted by molar-refractivity contribution is 0.0791. The van der Waals surface area contributed by atoms with E-state index in [1.807, 2.05) is 37.4 Å². The molecule has 1 aliphatic rings. The molecule has 1 fully saturated rings. The number of nitrogens with zero attached hydrogens (tertiary/aromatic N) is 4. The quantitative estimate of drug-likeness (QED) is 0.688. The number of carbonyl (C=O) groups excluding carboxylic acids is 1. The molecule has 0 saturated carbocycles. The summed E-state index contributed by atoms with van der Waals surface area (Å²) < 4.78 is 0. The highest BCUT2D eigenvalue weighted by atomic mass is 16.2. The van der Waals surface area contributed by atoms with E-state index in [2.05, 4.69) is 39.5 Å². The predicted octanol–water partition coefficient (Wildman–Crippen LogP) is 2.94. The molecule has 6 nitrogen and oxygen atoms in total. The maximum absolute atomic E-state index is 12.9.